The van der Waals surface area contributed by atoms with Gasteiger partial charge in [-0.15, -0.1) is 6.58 Å². The Morgan fingerprint density at radius 2 is 2.33 bits per heavy atom. The van der Waals surface area contributed by atoms with Gasteiger partial charge in [0.1, 0.15) is 0 Å². The predicted molar refractivity (Wildman–Crippen MR) is 64.3 cm³/mol. The first-order chi connectivity index (χ1) is 7.24. The number of aryl methyl sites for hydroxylation is 1. The summed E-state index contributed by atoms with van der Waals surface area (Å²) in [5.74, 6) is 1.89. The van der Waals surface area contributed by atoms with Crippen LogP contribution in [0.2, 0.25) is 0 Å². The van der Waals surface area contributed by atoms with Gasteiger partial charge >= 0.3 is 0 Å². The van der Waals surface area contributed by atoms with Gasteiger partial charge in [0.05, 0.1) is 4.92 Å². The average Bonchev–Trinajstić information content (AvgIpc) is 2.25. The van der Waals surface area contributed by atoms with Crippen molar-refractivity contribution in [2.24, 2.45) is 0 Å². The molecular weight excluding hydrogens is 210 g/mol. The highest BCUT2D eigenvalue weighted by Crippen LogP contribution is 2.15. The molecule has 0 unspecified atom stereocenters. The molecule has 15 heavy (non-hydrogen) atoms. The third kappa shape index (κ3) is 4.16. The Balaban J connectivity index is 2.50. The minimum atomic E-state index is -0.361. The molecule has 0 aliphatic rings. The Hall–Kier alpha value is -1.29. The Labute approximate surface area is 93.3 Å². The van der Waals surface area contributed by atoms with Crippen molar-refractivity contribution >= 4 is 17.4 Å². The molecule has 0 aliphatic heterocycles. The van der Waals surface area contributed by atoms with Crippen LogP contribution in [-0.4, -0.2) is 16.4 Å². The van der Waals surface area contributed by atoms with E-state index in [1.807, 2.05) is 12.1 Å². The van der Waals surface area contributed by atoms with E-state index < -0.39 is 0 Å². The van der Waals surface area contributed by atoms with Crippen molar-refractivity contribution in [1.82, 2.24) is 0 Å². The topological polar surface area (TPSA) is 43.1 Å². The van der Waals surface area contributed by atoms with E-state index >= 15 is 0 Å². The van der Waals surface area contributed by atoms with E-state index in [4.69, 9.17) is 0 Å². The highest BCUT2D eigenvalue weighted by molar-refractivity contribution is 7.99. The molecule has 0 N–H and O–H groups in total. The third-order valence-corrected chi connectivity index (χ3v) is 2.86. The summed E-state index contributed by atoms with van der Waals surface area (Å²) >= 11 is 1.77. The summed E-state index contributed by atoms with van der Waals surface area (Å²) in [6.07, 6.45) is 2.72. The molecule has 0 amide bonds. The molecule has 4 heteroatoms. The second-order valence-corrected chi connectivity index (χ2v) is 4.19. The fraction of sp³-hybridized carbons (Fsp3) is 0.273. The molecule has 0 bridgehead atoms. The van der Waals surface area contributed by atoms with E-state index in [2.05, 4.69) is 6.58 Å². The van der Waals surface area contributed by atoms with Gasteiger partial charge in [-0.05, 0) is 17.7 Å². The number of thioether (sulfide) groups is 1. The molecule has 0 fully saturated rings. The van der Waals surface area contributed by atoms with Crippen molar-refractivity contribution in [3.63, 3.8) is 0 Å². The standard InChI is InChI=1S/C11H13NO2S/c1-2-7-15-8-6-10-4-3-5-11(9-10)12(13)14/h2-5,9H,1,6-8H2. The normalized spacial score (nSPS) is 9.87. The largest absolute Gasteiger partial charge is 0.269 e. The predicted octanol–water partition coefficient (Wildman–Crippen LogP) is 3.06. The van der Waals surface area contributed by atoms with Crippen LogP contribution in [0.25, 0.3) is 0 Å². The maximum atomic E-state index is 10.5. The second-order valence-electron chi connectivity index (χ2n) is 3.04. The highest BCUT2D eigenvalue weighted by Gasteiger charge is 2.04. The number of nitrogens with zero attached hydrogens (tertiary/aromatic N) is 1. The van der Waals surface area contributed by atoms with Gasteiger partial charge in [-0.3, -0.25) is 10.1 Å². The van der Waals surface area contributed by atoms with Crippen molar-refractivity contribution in [2.45, 2.75) is 6.42 Å². The Morgan fingerprint density at radius 1 is 1.53 bits per heavy atom. The SMILES string of the molecule is C=CCSCCc1cccc([N+](=O)[O-])c1. The molecule has 1 aromatic rings. The van der Waals surface area contributed by atoms with Gasteiger partial charge in [0.25, 0.3) is 5.69 Å². The Bertz CT molecular complexity index is 352. The molecule has 1 rings (SSSR count). The van der Waals surface area contributed by atoms with Crippen molar-refractivity contribution in [3.05, 3.63) is 52.6 Å². The fourth-order valence-electron chi connectivity index (χ4n) is 1.18. The quantitative estimate of drug-likeness (QED) is 0.322. The zero-order valence-electron chi connectivity index (χ0n) is 8.39. The second kappa shape index (κ2) is 6.24. The number of nitro groups is 1. The molecule has 0 atom stereocenters. The smallest absolute Gasteiger partial charge is 0.258 e. The van der Waals surface area contributed by atoms with Gasteiger partial charge in [0.2, 0.25) is 0 Å². The van der Waals surface area contributed by atoms with Crippen LogP contribution in [0.5, 0.6) is 0 Å². The molecule has 0 saturated carbocycles. The van der Waals surface area contributed by atoms with Crippen LogP contribution in [0.15, 0.2) is 36.9 Å². The van der Waals surface area contributed by atoms with Gasteiger partial charge in [-0.1, -0.05) is 18.2 Å². The first-order valence-electron chi connectivity index (χ1n) is 4.66. The summed E-state index contributed by atoms with van der Waals surface area (Å²) in [5.41, 5.74) is 1.18. The number of benzene rings is 1. The minimum Gasteiger partial charge on any atom is -0.258 e. The summed E-state index contributed by atoms with van der Waals surface area (Å²) in [6.45, 7) is 3.63. The van der Waals surface area contributed by atoms with Gasteiger partial charge in [0.15, 0.2) is 0 Å². The van der Waals surface area contributed by atoms with Crippen molar-refractivity contribution in [1.29, 1.82) is 0 Å². The Morgan fingerprint density at radius 3 is 3.00 bits per heavy atom. The maximum Gasteiger partial charge on any atom is 0.269 e. The fourth-order valence-corrected chi connectivity index (χ4v) is 1.90. The van der Waals surface area contributed by atoms with Gasteiger partial charge < -0.3 is 0 Å². The van der Waals surface area contributed by atoms with E-state index in [0.29, 0.717) is 0 Å². The zero-order chi connectivity index (χ0) is 11.1. The number of non-ortho nitro benzene ring substituents is 1. The molecule has 0 heterocycles. The van der Waals surface area contributed by atoms with Gasteiger partial charge in [-0.25, -0.2) is 0 Å². The number of nitro benzene ring substituents is 1. The van der Waals surface area contributed by atoms with Crippen molar-refractivity contribution in [3.8, 4) is 0 Å². The van der Waals surface area contributed by atoms with Crippen LogP contribution in [-0.2, 0) is 6.42 Å². The molecule has 1 aromatic carbocycles. The lowest BCUT2D eigenvalue weighted by Gasteiger charge is -2.00. The van der Waals surface area contributed by atoms with Crippen molar-refractivity contribution < 1.29 is 4.92 Å². The monoisotopic (exact) mass is 223 g/mol. The third-order valence-electron chi connectivity index (χ3n) is 1.89. The van der Waals surface area contributed by atoms with E-state index in [9.17, 15) is 10.1 Å². The molecule has 80 valence electrons. The summed E-state index contributed by atoms with van der Waals surface area (Å²) in [7, 11) is 0. The minimum absolute atomic E-state index is 0.168. The maximum absolute atomic E-state index is 10.5. The number of rotatable bonds is 6. The summed E-state index contributed by atoms with van der Waals surface area (Å²) in [4.78, 5) is 10.2. The first-order valence-corrected chi connectivity index (χ1v) is 5.81. The van der Waals surface area contributed by atoms with Crippen molar-refractivity contribution in [2.75, 3.05) is 11.5 Å². The molecule has 0 aromatic heterocycles. The average molecular weight is 223 g/mol. The molecule has 0 spiro atoms. The molecule has 3 nitrogen and oxygen atoms in total. The van der Waals surface area contributed by atoms with Crippen LogP contribution in [0.1, 0.15) is 5.56 Å². The van der Waals surface area contributed by atoms with Crippen LogP contribution in [0.4, 0.5) is 5.69 Å². The Kier molecular flexibility index (Phi) is 4.90. The summed E-state index contributed by atoms with van der Waals surface area (Å²) < 4.78 is 0. The molecular formula is C11H13NO2S. The molecule has 0 aliphatic carbocycles. The van der Waals surface area contributed by atoms with Crippen LogP contribution in [0, 0.1) is 10.1 Å². The van der Waals surface area contributed by atoms with Gasteiger partial charge in [-0.2, -0.15) is 11.8 Å². The van der Waals surface area contributed by atoms with E-state index in [0.717, 1.165) is 23.5 Å². The van der Waals surface area contributed by atoms with E-state index in [-0.39, 0.29) is 10.6 Å². The number of hydrogen-bond acceptors (Lipinski definition) is 3. The molecule has 0 saturated heterocycles. The van der Waals surface area contributed by atoms with E-state index in [1.54, 1.807) is 23.9 Å². The zero-order valence-corrected chi connectivity index (χ0v) is 9.20. The summed E-state index contributed by atoms with van der Waals surface area (Å²) in [5, 5.41) is 10.5. The lowest BCUT2D eigenvalue weighted by molar-refractivity contribution is -0.384. The van der Waals surface area contributed by atoms with Crippen LogP contribution in [0.3, 0.4) is 0 Å². The lowest BCUT2D eigenvalue weighted by atomic mass is 10.1. The highest BCUT2D eigenvalue weighted by atomic mass is 32.2. The van der Waals surface area contributed by atoms with E-state index in [1.165, 1.54) is 6.07 Å². The first kappa shape index (κ1) is 11.8. The van der Waals surface area contributed by atoms with Crippen LogP contribution >= 0.6 is 11.8 Å². The number of hydrogen-bond donors (Lipinski definition) is 0. The lowest BCUT2D eigenvalue weighted by Crippen LogP contribution is -1.92. The molecule has 0 radical (unpaired) electrons. The van der Waals surface area contributed by atoms with Gasteiger partial charge in [0, 0.05) is 17.9 Å². The summed E-state index contributed by atoms with van der Waals surface area (Å²) in [6, 6.07) is 6.79. The van der Waals surface area contributed by atoms with Crippen LogP contribution < -0.4 is 0 Å².